The lowest BCUT2D eigenvalue weighted by molar-refractivity contribution is -0.0349. The van der Waals surface area contributed by atoms with Crippen LogP contribution in [-0.2, 0) is 23.1 Å². The average Bonchev–Trinajstić information content (AvgIpc) is 3.14. The van der Waals surface area contributed by atoms with Crippen molar-refractivity contribution in [3.8, 4) is 0 Å². The highest BCUT2D eigenvalue weighted by molar-refractivity contribution is 6.06. The first-order valence-electron chi connectivity index (χ1n) is 11.2. The smallest absolute Gasteiger partial charge is 0.254 e. The lowest BCUT2D eigenvalue weighted by Crippen LogP contribution is -2.41. The second-order valence-electron chi connectivity index (χ2n) is 8.52. The van der Waals surface area contributed by atoms with Crippen LogP contribution in [0.1, 0.15) is 33.4 Å². The highest BCUT2D eigenvalue weighted by Gasteiger charge is 2.27. The molecule has 0 radical (unpaired) electrons. The molecule has 0 aliphatic carbocycles. The Labute approximate surface area is 187 Å². The van der Waals surface area contributed by atoms with Gasteiger partial charge in [0.15, 0.2) is 0 Å². The van der Waals surface area contributed by atoms with Crippen LogP contribution in [0.25, 0.3) is 10.9 Å². The second kappa shape index (κ2) is 8.97. The summed E-state index contributed by atoms with van der Waals surface area (Å²) in [6, 6.07) is 9.79. The molecule has 2 aliphatic rings. The van der Waals surface area contributed by atoms with E-state index in [1.807, 2.05) is 53.9 Å². The van der Waals surface area contributed by atoms with Crippen molar-refractivity contribution < 1.29 is 14.3 Å². The van der Waals surface area contributed by atoms with E-state index in [2.05, 4.69) is 16.2 Å². The van der Waals surface area contributed by atoms with Crippen LogP contribution in [0, 0.1) is 6.92 Å². The summed E-state index contributed by atoms with van der Waals surface area (Å²) >= 11 is 0. The number of morpholine rings is 2. The van der Waals surface area contributed by atoms with Crippen LogP contribution >= 0.6 is 0 Å². The average molecular weight is 436 g/mol. The summed E-state index contributed by atoms with van der Waals surface area (Å²) in [6.45, 7) is 7.47. The zero-order valence-electron chi connectivity index (χ0n) is 18.7. The van der Waals surface area contributed by atoms with Gasteiger partial charge in [0.25, 0.3) is 5.91 Å². The Hall–Kier alpha value is -2.81. The van der Waals surface area contributed by atoms with Gasteiger partial charge in [0.05, 0.1) is 42.3 Å². The number of rotatable bonds is 4. The molecule has 32 heavy (non-hydrogen) atoms. The van der Waals surface area contributed by atoms with Crippen LogP contribution < -0.4 is 0 Å². The molecule has 8 heteroatoms. The molecule has 2 aliphatic heterocycles. The lowest BCUT2D eigenvalue weighted by atomic mass is 10.0. The molecule has 1 aromatic carbocycles. The van der Waals surface area contributed by atoms with E-state index in [0.29, 0.717) is 38.5 Å². The number of carbonyl (C=O) groups is 1. The Morgan fingerprint density at radius 1 is 1.16 bits per heavy atom. The molecule has 8 nitrogen and oxygen atoms in total. The predicted octanol–water partition coefficient (Wildman–Crippen LogP) is 2.32. The summed E-state index contributed by atoms with van der Waals surface area (Å²) in [7, 11) is 1.95. The monoisotopic (exact) mass is 435 g/mol. The standard InChI is InChI=1S/C24H29N5O3/c1-17-18(14-27(2)26-17)15-28-7-12-32-23(16-28)22-13-20(19-5-3-4-6-21(19)25-22)24(30)29-8-10-31-11-9-29/h3-6,13-14,23H,7-12,15-16H2,1-2H3. The lowest BCUT2D eigenvalue weighted by Gasteiger charge is -2.33. The number of aryl methyl sites for hydroxylation is 2. The van der Waals surface area contributed by atoms with Gasteiger partial charge in [-0.15, -0.1) is 0 Å². The molecule has 0 N–H and O–H groups in total. The van der Waals surface area contributed by atoms with Gasteiger partial charge in [-0.1, -0.05) is 18.2 Å². The molecule has 0 spiro atoms. The molecular formula is C24H29N5O3. The van der Waals surface area contributed by atoms with Crippen molar-refractivity contribution in [1.29, 1.82) is 0 Å². The van der Waals surface area contributed by atoms with Crippen molar-refractivity contribution in [2.45, 2.75) is 19.6 Å². The molecule has 1 atom stereocenters. The highest BCUT2D eigenvalue weighted by atomic mass is 16.5. The van der Waals surface area contributed by atoms with Gasteiger partial charge in [-0.3, -0.25) is 14.4 Å². The Kier molecular flexibility index (Phi) is 5.91. The number of para-hydroxylation sites is 1. The number of hydrogen-bond donors (Lipinski definition) is 0. The summed E-state index contributed by atoms with van der Waals surface area (Å²) in [5, 5.41) is 5.34. The largest absolute Gasteiger partial charge is 0.378 e. The van der Waals surface area contributed by atoms with Gasteiger partial charge in [-0.05, 0) is 19.1 Å². The highest BCUT2D eigenvalue weighted by Crippen LogP contribution is 2.28. The van der Waals surface area contributed by atoms with E-state index in [0.717, 1.165) is 41.9 Å². The van der Waals surface area contributed by atoms with Crippen LogP contribution in [0.5, 0.6) is 0 Å². The SMILES string of the molecule is Cc1nn(C)cc1CN1CCOC(c2cc(C(=O)N3CCOCC3)c3ccccc3n2)C1. The van der Waals surface area contributed by atoms with Gasteiger partial charge in [0, 0.05) is 56.9 Å². The number of pyridine rings is 1. The van der Waals surface area contributed by atoms with Gasteiger partial charge < -0.3 is 14.4 Å². The third-order valence-electron chi connectivity index (χ3n) is 6.25. The molecule has 2 fully saturated rings. The molecular weight excluding hydrogens is 406 g/mol. The summed E-state index contributed by atoms with van der Waals surface area (Å²) in [4.78, 5) is 22.5. The van der Waals surface area contributed by atoms with E-state index in [9.17, 15) is 4.79 Å². The topological polar surface area (TPSA) is 72.7 Å². The molecule has 5 rings (SSSR count). The van der Waals surface area contributed by atoms with E-state index in [1.165, 1.54) is 5.56 Å². The first kappa shape index (κ1) is 21.1. The maximum Gasteiger partial charge on any atom is 0.254 e. The molecule has 0 bridgehead atoms. The van der Waals surface area contributed by atoms with Crippen LogP contribution in [0.4, 0.5) is 0 Å². The van der Waals surface area contributed by atoms with Crippen molar-refractivity contribution >= 4 is 16.8 Å². The molecule has 3 aromatic rings. The fourth-order valence-electron chi connectivity index (χ4n) is 4.54. The number of amides is 1. The Morgan fingerprint density at radius 2 is 1.97 bits per heavy atom. The van der Waals surface area contributed by atoms with Gasteiger partial charge in [-0.2, -0.15) is 5.10 Å². The van der Waals surface area contributed by atoms with E-state index < -0.39 is 0 Å². The third-order valence-corrected chi connectivity index (χ3v) is 6.25. The number of benzene rings is 1. The minimum absolute atomic E-state index is 0.0341. The number of nitrogens with zero attached hydrogens (tertiary/aromatic N) is 5. The number of fused-ring (bicyclic) bond motifs is 1. The minimum atomic E-state index is -0.179. The van der Waals surface area contributed by atoms with Crippen molar-refractivity contribution in [1.82, 2.24) is 24.6 Å². The zero-order chi connectivity index (χ0) is 22.1. The van der Waals surface area contributed by atoms with Crippen LogP contribution in [-0.4, -0.2) is 76.5 Å². The van der Waals surface area contributed by atoms with Crippen LogP contribution in [0.2, 0.25) is 0 Å². The van der Waals surface area contributed by atoms with Gasteiger partial charge in [0.1, 0.15) is 6.10 Å². The zero-order valence-corrected chi connectivity index (χ0v) is 18.7. The number of carbonyl (C=O) groups excluding carboxylic acids is 1. The maximum absolute atomic E-state index is 13.4. The minimum Gasteiger partial charge on any atom is -0.378 e. The number of aromatic nitrogens is 3. The third kappa shape index (κ3) is 4.26. The Balaban J connectivity index is 1.43. The molecule has 0 saturated carbocycles. The Bertz CT molecular complexity index is 1120. The van der Waals surface area contributed by atoms with Crippen molar-refractivity contribution in [3.05, 3.63) is 59.0 Å². The van der Waals surface area contributed by atoms with Crippen LogP contribution in [0.15, 0.2) is 36.5 Å². The van der Waals surface area contributed by atoms with Gasteiger partial charge >= 0.3 is 0 Å². The van der Waals surface area contributed by atoms with Gasteiger partial charge in [0.2, 0.25) is 0 Å². The van der Waals surface area contributed by atoms with E-state index in [-0.39, 0.29) is 12.0 Å². The summed E-state index contributed by atoms with van der Waals surface area (Å²) in [5.74, 6) is 0.0341. The molecule has 2 saturated heterocycles. The molecule has 4 heterocycles. The van der Waals surface area contributed by atoms with E-state index in [1.54, 1.807) is 0 Å². The molecule has 2 aromatic heterocycles. The normalized spacial score (nSPS) is 20.1. The first-order valence-corrected chi connectivity index (χ1v) is 11.2. The van der Waals surface area contributed by atoms with Crippen LogP contribution in [0.3, 0.4) is 0 Å². The van der Waals surface area contributed by atoms with E-state index in [4.69, 9.17) is 14.5 Å². The van der Waals surface area contributed by atoms with Crippen molar-refractivity contribution in [2.75, 3.05) is 46.0 Å². The molecule has 1 unspecified atom stereocenters. The summed E-state index contributed by atoms with van der Waals surface area (Å²) < 4.78 is 13.4. The summed E-state index contributed by atoms with van der Waals surface area (Å²) in [6.07, 6.45) is 1.90. The molecule has 168 valence electrons. The number of ether oxygens (including phenoxy) is 2. The fourth-order valence-corrected chi connectivity index (χ4v) is 4.54. The fraction of sp³-hybridized carbons (Fsp3) is 0.458. The van der Waals surface area contributed by atoms with E-state index >= 15 is 0 Å². The van der Waals surface area contributed by atoms with Crippen molar-refractivity contribution in [3.63, 3.8) is 0 Å². The first-order chi connectivity index (χ1) is 15.6. The van der Waals surface area contributed by atoms with Crippen molar-refractivity contribution in [2.24, 2.45) is 7.05 Å². The predicted molar refractivity (Wildman–Crippen MR) is 120 cm³/mol. The Morgan fingerprint density at radius 3 is 2.75 bits per heavy atom. The van der Waals surface area contributed by atoms with Gasteiger partial charge in [-0.25, -0.2) is 4.98 Å². The summed E-state index contributed by atoms with van der Waals surface area (Å²) in [5.41, 5.74) is 4.61. The number of hydrogen-bond acceptors (Lipinski definition) is 6. The quantitative estimate of drug-likeness (QED) is 0.626. The second-order valence-corrected chi connectivity index (χ2v) is 8.52. The molecule has 1 amide bonds. The maximum atomic E-state index is 13.4.